The minimum absolute atomic E-state index is 0.138. The molecule has 92 valence electrons. The first-order chi connectivity index (χ1) is 7.76. The number of amides is 1. The van der Waals surface area contributed by atoms with Crippen molar-refractivity contribution in [1.82, 2.24) is 5.32 Å². The lowest BCUT2D eigenvalue weighted by Crippen LogP contribution is -2.48. The Morgan fingerprint density at radius 1 is 1.24 bits per heavy atom. The lowest BCUT2D eigenvalue weighted by atomic mass is 9.69. The SMILES string of the molecule is CC1(C)NC(=O)CC1(C)c1cc(F)ccc1F. The van der Waals surface area contributed by atoms with Crippen LogP contribution in [0.4, 0.5) is 8.78 Å². The molecular weight excluding hydrogens is 224 g/mol. The molecule has 0 aromatic heterocycles. The van der Waals surface area contributed by atoms with Crippen molar-refractivity contribution in [2.45, 2.75) is 38.1 Å². The Kier molecular flexibility index (Phi) is 2.49. The van der Waals surface area contributed by atoms with E-state index in [1.54, 1.807) is 6.92 Å². The zero-order valence-corrected chi connectivity index (χ0v) is 10.1. The first kappa shape index (κ1) is 12.0. The Morgan fingerprint density at radius 3 is 2.41 bits per heavy atom. The summed E-state index contributed by atoms with van der Waals surface area (Å²) in [6.45, 7) is 5.42. The smallest absolute Gasteiger partial charge is 0.221 e. The van der Waals surface area contributed by atoms with Gasteiger partial charge in [0.2, 0.25) is 5.91 Å². The van der Waals surface area contributed by atoms with Crippen LogP contribution in [0.5, 0.6) is 0 Å². The topological polar surface area (TPSA) is 29.1 Å². The molecule has 1 heterocycles. The van der Waals surface area contributed by atoms with Gasteiger partial charge < -0.3 is 5.32 Å². The second kappa shape index (κ2) is 3.52. The molecule has 0 aliphatic carbocycles. The van der Waals surface area contributed by atoms with Crippen LogP contribution in [-0.4, -0.2) is 11.4 Å². The molecule has 1 aliphatic heterocycles. The molecule has 4 heteroatoms. The predicted molar refractivity (Wildman–Crippen MR) is 60.5 cm³/mol. The Balaban J connectivity index is 2.58. The molecule has 1 aromatic rings. The monoisotopic (exact) mass is 239 g/mol. The summed E-state index contributed by atoms with van der Waals surface area (Å²) in [6.07, 6.45) is 0.167. The fourth-order valence-corrected chi connectivity index (χ4v) is 2.43. The number of hydrogen-bond acceptors (Lipinski definition) is 1. The highest BCUT2D eigenvalue weighted by Gasteiger charge is 2.51. The Bertz CT molecular complexity index is 484. The van der Waals surface area contributed by atoms with Crippen molar-refractivity contribution in [3.05, 3.63) is 35.4 Å². The van der Waals surface area contributed by atoms with E-state index in [1.165, 1.54) is 6.07 Å². The summed E-state index contributed by atoms with van der Waals surface area (Å²) in [5.74, 6) is -1.10. The zero-order valence-electron chi connectivity index (χ0n) is 10.1. The summed E-state index contributed by atoms with van der Waals surface area (Å²) < 4.78 is 27.1. The van der Waals surface area contributed by atoms with Gasteiger partial charge in [-0.05, 0) is 37.6 Å². The maximum absolute atomic E-state index is 13.8. The van der Waals surface area contributed by atoms with Crippen molar-refractivity contribution in [2.24, 2.45) is 0 Å². The molecule has 2 nitrogen and oxygen atoms in total. The van der Waals surface area contributed by atoms with Crippen molar-refractivity contribution < 1.29 is 13.6 Å². The van der Waals surface area contributed by atoms with Gasteiger partial charge in [-0.15, -0.1) is 0 Å². The molecule has 0 radical (unpaired) electrons. The lowest BCUT2D eigenvalue weighted by Gasteiger charge is -2.37. The van der Waals surface area contributed by atoms with E-state index in [9.17, 15) is 13.6 Å². The van der Waals surface area contributed by atoms with Crippen LogP contribution >= 0.6 is 0 Å². The van der Waals surface area contributed by atoms with Crippen LogP contribution < -0.4 is 5.32 Å². The standard InChI is InChI=1S/C13H15F2NO/c1-12(2)13(3,7-11(17)16-12)9-6-8(14)4-5-10(9)15/h4-6H,7H2,1-3H3,(H,16,17). The number of hydrogen-bond donors (Lipinski definition) is 1. The molecule has 1 atom stereocenters. The molecule has 1 aliphatic rings. The fraction of sp³-hybridized carbons (Fsp3) is 0.462. The maximum atomic E-state index is 13.8. The summed E-state index contributed by atoms with van der Waals surface area (Å²) in [7, 11) is 0. The summed E-state index contributed by atoms with van der Waals surface area (Å²) in [5.41, 5.74) is -1.09. The van der Waals surface area contributed by atoms with Gasteiger partial charge in [0.1, 0.15) is 11.6 Å². The van der Waals surface area contributed by atoms with Gasteiger partial charge in [0.15, 0.2) is 0 Å². The number of carbonyl (C=O) groups is 1. The van der Waals surface area contributed by atoms with E-state index in [0.29, 0.717) is 0 Å². The fourth-order valence-electron chi connectivity index (χ4n) is 2.43. The Morgan fingerprint density at radius 2 is 1.88 bits per heavy atom. The van der Waals surface area contributed by atoms with Gasteiger partial charge in [-0.2, -0.15) is 0 Å². The molecule has 1 fully saturated rings. The van der Waals surface area contributed by atoms with Crippen molar-refractivity contribution in [3.63, 3.8) is 0 Å². The number of benzene rings is 1. The highest BCUT2D eigenvalue weighted by atomic mass is 19.1. The number of rotatable bonds is 1. The van der Waals surface area contributed by atoms with E-state index in [-0.39, 0.29) is 17.9 Å². The van der Waals surface area contributed by atoms with Crippen molar-refractivity contribution >= 4 is 5.91 Å². The third-order valence-electron chi connectivity index (χ3n) is 3.87. The van der Waals surface area contributed by atoms with Crippen molar-refractivity contribution in [1.29, 1.82) is 0 Å². The first-order valence-corrected chi connectivity index (χ1v) is 5.53. The highest BCUT2D eigenvalue weighted by molar-refractivity contribution is 5.82. The number of nitrogens with one attached hydrogen (secondary N) is 1. The predicted octanol–water partition coefficient (Wildman–Crippen LogP) is 2.52. The van der Waals surface area contributed by atoms with Gasteiger partial charge >= 0.3 is 0 Å². The van der Waals surface area contributed by atoms with Gasteiger partial charge in [-0.1, -0.05) is 6.92 Å². The molecule has 1 amide bonds. The van der Waals surface area contributed by atoms with E-state index in [2.05, 4.69) is 5.32 Å². The Labute approximate surface area is 99.0 Å². The average molecular weight is 239 g/mol. The van der Waals surface area contributed by atoms with E-state index in [1.807, 2.05) is 13.8 Å². The third-order valence-corrected chi connectivity index (χ3v) is 3.87. The largest absolute Gasteiger partial charge is 0.350 e. The van der Waals surface area contributed by atoms with Crippen LogP contribution in [-0.2, 0) is 10.2 Å². The van der Waals surface area contributed by atoms with Crippen LogP contribution in [0.1, 0.15) is 32.8 Å². The summed E-state index contributed by atoms with van der Waals surface area (Å²) >= 11 is 0. The first-order valence-electron chi connectivity index (χ1n) is 5.53. The van der Waals surface area contributed by atoms with E-state index >= 15 is 0 Å². The summed E-state index contributed by atoms with van der Waals surface area (Å²) in [5, 5.41) is 2.80. The minimum Gasteiger partial charge on any atom is -0.350 e. The van der Waals surface area contributed by atoms with Gasteiger partial charge in [0, 0.05) is 17.4 Å². The maximum Gasteiger partial charge on any atom is 0.221 e. The molecule has 0 spiro atoms. The normalized spacial score (nSPS) is 27.0. The number of carbonyl (C=O) groups excluding carboxylic acids is 1. The van der Waals surface area contributed by atoms with Crippen molar-refractivity contribution in [2.75, 3.05) is 0 Å². The molecule has 17 heavy (non-hydrogen) atoms. The Hall–Kier alpha value is -1.45. The highest BCUT2D eigenvalue weighted by Crippen LogP contribution is 2.43. The van der Waals surface area contributed by atoms with Gasteiger partial charge in [-0.3, -0.25) is 4.79 Å². The molecule has 1 saturated heterocycles. The molecular formula is C13H15F2NO. The molecule has 0 saturated carbocycles. The molecule has 0 bridgehead atoms. The van der Waals surface area contributed by atoms with Crippen LogP contribution in [0.3, 0.4) is 0 Å². The molecule has 1 N–H and O–H groups in total. The molecule has 1 unspecified atom stereocenters. The minimum atomic E-state index is -0.740. The summed E-state index contributed by atoms with van der Waals surface area (Å²) in [4.78, 5) is 11.5. The van der Waals surface area contributed by atoms with Crippen LogP contribution in [0, 0.1) is 11.6 Å². The quantitative estimate of drug-likeness (QED) is 0.801. The van der Waals surface area contributed by atoms with Crippen LogP contribution in [0.25, 0.3) is 0 Å². The number of halogens is 2. The van der Waals surface area contributed by atoms with E-state index in [0.717, 1.165) is 12.1 Å². The van der Waals surface area contributed by atoms with Gasteiger partial charge in [0.25, 0.3) is 0 Å². The molecule has 2 rings (SSSR count). The average Bonchev–Trinajstić information content (AvgIpc) is 2.40. The van der Waals surface area contributed by atoms with Gasteiger partial charge in [0.05, 0.1) is 0 Å². The van der Waals surface area contributed by atoms with Crippen LogP contribution in [0.15, 0.2) is 18.2 Å². The zero-order chi connectivity index (χ0) is 12.8. The van der Waals surface area contributed by atoms with Crippen molar-refractivity contribution in [3.8, 4) is 0 Å². The van der Waals surface area contributed by atoms with E-state index < -0.39 is 22.6 Å². The van der Waals surface area contributed by atoms with Gasteiger partial charge in [-0.25, -0.2) is 8.78 Å². The second-order valence-electron chi connectivity index (χ2n) is 5.31. The second-order valence-corrected chi connectivity index (χ2v) is 5.31. The molecule has 1 aromatic carbocycles. The third kappa shape index (κ3) is 1.72. The van der Waals surface area contributed by atoms with Crippen LogP contribution in [0.2, 0.25) is 0 Å². The lowest BCUT2D eigenvalue weighted by molar-refractivity contribution is -0.119. The summed E-state index contributed by atoms with van der Waals surface area (Å²) in [6, 6.07) is 3.37. The van der Waals surface area contributed by atoms with E-state index in [4.69, 9.17) is 0 Å².